The first kappa shape index (κ1) is 26.8. The second-order valence-electron chi connectivity index (χ2n) is 7.68. The first-order valence-corrected chi connectivity index (χ1v) is 11.3. The van der Waals surface area contributed by atoms with Gasteiger partial charge in [0.25, 0.3) is 0 Å². The summed E-state index contributed by atoms with van der Waals surface area (Å²) in [5, 5.41) is 0. The zero-order valence-corrected chi connectivity index (χ0v) is 22.1. The molecule has 2 rings (SSSR count). The van der Waals surface area contributed by atoms with Crippen LogP contribution in [0.15, 0.2) is 34.4 Å². The van der Waals surface area contributed by atoms with Gasteiger partial charge in [-0.2, -0.15) is 12.2 Å². The van der Waals surface area contributed by atoms with Crippen LogP contribution < -0.4 is 0 Å². The Kier molecular flexibility index (Phi) is 17.8. The molecule has 27 heavy (non-hydrogen) atoms. The molecule has 152 valence electrons. The van der Waals surface area contributed by atoms with Crippen molar-refractivity contribution in [1.29, 1.82) is 0 Å². The van der Waals surface area contributed by atoms with E-state index >= 15 is 0 Å². The Hall–Kier alpha value is -0.170. The van der Waals surface area contributed by atoms with Gasteiger partial charge in [-0.1, -0.05) is 118 Å². The largest absolute Gasteiger partial charge is 0.253 e. The molecule has 0 radical (unpaired) electrons. The first-order chi connectivity index (χ1) is 12.8. The van der Waals surface area contributed by atoms with Crippen LogP contribution in [-0.2, 0) is 25.8 Å². The normalized spacial score (nSPS) is 15.3. The van der Waals surface area contributed by atoms with Crippen LogP contribution in [0.2, 0.25) is 0 Å². The maximum Gasteiger partial charge on any atom is 0 e. The first-order valence-electron chi connectivity index (χ1n) is 11.3. The third-order valence-electron chi connectivity index (χ3n) is 5.33. The summed E-state index contributed by atoms with van der Waals surface area (Å²) in [7, 11) is 0. The van der Waals surface area contributed by atoms with Crippen LogP contribution in [0.5, 0.6) is 0 Å². The van der Waals surface area contributed by atoms with Crippen molar-refractivity contribution in [2.24, 2.45) is 0 Å². The number of allylic oxidation sites excluding steroid dienone is 8. The molecular weight excluding hydrogens is 491 g/mol. The summed E-state index contributed by atoms with van der Waals surface area (Å²) in [6.45, 7) is 9.03. The Labute approximate surface area is 189 Å². The quantitative estimate of drug-likeness (QED) is 0.174. The fourth-order valence-electron chi connectivity index (χ4n) is 3.54. The fraction of sp³-hybridized carbons (Fsp3) is 0.692. The molecule has 0 aromatic carbocycles. The Morgan fingerprint density at radius 1 is 0.593 bits per heavy atom. The van der Waals surface area contributed by atoms with E-state index in [0.717, 1.165) is 0 Å². The molecule has 0 atom stereocenters. The van der Waals surface area contributed by atoms with Gasteiger partial charge in [-0.3, -0.25) is 12.2 Å². The van der Waals surface area contributed by atoms with Gasteiger partial charge in [-0.15, -0.1) is 0 Å². The molecule has 1 heteroatoms. The second-order valence-corrected chi connectivity index (χ2v) is 7.68. The van der Waals surface area contributed by atoms with E-state index in [2.05, 4.69) is 52.0 Å². The van der Waals surface area contributed by atoms with Crippen molar-refractivity contribution >= 4 is 0 Å². The van der Waals surface area contributed by atoms with Gasteiger partial charge in [-0.05, 0) is 0 Å². The van der Waals surface area contributed by atoms with E-state index in [1.807, 2.05) is 0 Å². The van der Waals surface area contributed by atoms with E-state index in [9.17, 15) is 0 Å². The Balaban J connectivity index is 0.000000483. The maximum absolute atomic E-state index is 3.41. The summed E-state index contributed by atoms with van der Waals surface area (Å²) in [6, 6.07) is 0. The molecule has 0 aromatic heterocycles. The van der Waals surface area contributed by atoms with Gasteiger partial charge in [0.05, 0.1) is 0 Å². The maximum atomic E-state index is 3.41. The van der Waals surface area contributed by atoms with E-state index in [-0.39, 0.29) is 25.8 Å². The topological polar surface area (TPSA) is 0 Å². The molecule has 0 N–H and O–H groups in total. The van der Waals surface area contributed by atoms with Crippen LogP contribution in [0.25, 0.3) is 0 Å². The van der Waals surface area contributed by atoms with Crippen LogP contribution in [0.4, 0.5) is 0 Å². The average Bonchev–Trinajstić information content (AvgIpc) is 3.30. The van der Waals surface area contributed by atoms with E-state index < -0.39 is 0 Å². The predicted octanol–water partition coefficient (Wildman–Crippen LogP) is 8.85. The summed E-state index contributed by atoms with van der Waals surface area (Å²) in [6.07, 6.45) is 29.3. The van der Waals surface area contributed by atoms with Crippen molar-refractivity contribution in [3.8, 4) is 0 Å². The van der Waals surface area contributed by atoms with E-state index in [1.165, 1.54) is 101 Å². The van der Waals surface area contributed by atoms with Crippen molar-refractivity contribution < 1.29 is 25.8 Å². The van der Waals surface area contributed by atoms with Crippen LogP contribution in [0.3, 0.4) is 0 Å². The Morgan fingerprint density at radius 3 is 1.26 bits per heavy atom. The van der Waals surface area contributed by atoms with Crippen LogP contribution >= 0.6 is 0 Å². The molecule has 0 saturated carbocycles. The minimum atomic E-state index is 0. The van der Waals surface area contributed by atoms with Crippen LogP contribution in [-0.4, -0.2) is 0 Å². The molecule has 0 bridgehead atoms. The van der Waals surface area contributed by atoms with E-state index in [0.29, 0.717) is 0 Å². The van der Waals surface area contributed by atoms with Gasteiger partial charge in [0, 0.05) is 25.8 Å². The summed E-state index contributed by atoms with van der Waals surface area (Å²) in [4.78, 5) is 0. The summed E-state index contributed by atoms with van der Waals surface area (Å²) in [5.74, 6) is 0. The summed E-state index contributed by atoms with van der Waals surface area (Å²) in [5.41, 5.74) is 6.37. The molecule has 0 fully saturated rings. The molecule has 0 heterocycles. The van der Waals surface area contributed by atoms with Crippen molar-refractivity contribution in [2.75, 3.05) is 0 Å². The number of hydrogen-bond donors (Lipinski definition) is 0. The van der Waals surface area contributed by atoms with Gasteiger partial charge >= 0.3 is 0 Å². The van der Waals surface area contributed by atoms with Crippen molar-refractivity contribution in [3.05, 3.63) is 46.6 Å². The molecule has 0 aromatic rings. The van der Waals surface area contributed by atoms with E-state index in [1.54, 1.807) is 11.1 Å². The second kappa shape index (κ2) is 17.9. The van der Waals surface area contributed by atoms with Crippen LogP contribution in [0.1, 0.15) is 118 Å². The molecule has 2 aliphatic rings. The van der Waals surface area contributed by atoms with Gasteiger partial charge in [-0.25, -0.2) is 22.3 Å². The standard InChI is InChI=1S/2C13H21.Hf/c2*1-3-5-8-12-10-7-11-13(12)9-6-4-2;/h2*7H,3-6,8-10H2,1-2H3;/q2*-1;. The molecule has 0 nitrogen and oxygen atoms in total. The SMILES string of the molecule is CCCCC1=C(CCCC)CC=[C-]1.CCCCC1=C(CCCC)CC=[C-]1.[Hf]. The van der Waals surface area contributed by atoms with Crippen molar-refractivity contribution in [1.82, 2.24) is 0 Å². The predicted molar refractivity (Wildman–Crippen MR) is 117 cm³/mol. The average molecular weight is 533 g/mol. The number of unbranched alkanes of at least 4 members (excludes halogenated alkanes) is 4. The van der Waals surface area contributed by atoms with Gasteiger partial charge < -0.3 is 0 Å². The number of rotatable bonds is 12. The molecule has 0 unspecified atom stereocenters. The fourth-order valence-corrected chi connectivity index (χ4v) is 3.54. The molecule has 0 saturated heterocycles. The zero-order valence-electron chi connectivity index (χ0n) is 18.6. The molecular formula is C26H42Hf-2. The molecule has 0 aliphatic heterocycles. The van der Waals surface area contributed by atoms with Crippen LogP contribution in [0, 0.1) is 12.2 Å². The third kappa shape index (κ3) is 11.4. The monoisotopic (exact) mass is 534 g/mol. The molecule has 2 aliphatic carbocycles. The smallest absolute Gasteiger partial charge is 0 e. The summed E-state index contributed by atoms with van der Waals surface area (Å²) >= 11 is 0. The van der Waals surface area contributed by atoms with Crippen molar-refractivity contribution in [3.63, 3.8) is 0 Å². The van der Waals surface area contributed by atoms with Gasteiger partial charge in [0.2, 0.25) is 0 Å². The van der Waals surface area contributed by atoms with Gasteiger partial charge in [0.1, 0.15) is 0 Å². The third-order valence-corrected chi connectivity index (χ3v) is 5.33. The Morgan fingerprint density at radius 2 is 0.926 bits per heavy atom. The molecule has 0 spiro atoms. The summed E-state index contributed by atoms with van der Waals surface area (Å²) < 4.78 is 0. The van der Waals surface area contributed by atoms with E-state index in [4.69, 9.17) is 0 Å². The van der Waals surface area contributed by atoms with Gasteiger partial charge in [0.15, 0.2) is 0 Å². The minimum absolute atomic E-state index is 0. The number of hydrogen-bond acceptors (Lipinski definition) is 0. The Bertz CT molecular complexity index is 444. The molecule has 0 amide bonds. The minimum Gasteiger partial charge on any atom is -0.253 e. The van der Waals surface area contributed by atoms with Crippen molar-refractivity contribution in [2.45, 2.75) is 118 Å². The zero-order chi connectivity index (χ0) is 19.0.